The summed E-state index contributed by atoms with van der Waals surface area (Å²) in [5, 5.41) is 2.22. The molecule has 156 valence electrons. The Morgan fingerprint density at radius 2 is 1.80 bits per heavy atom. The largest absolute Gasteiger partial charge is 0.351 e. The van der Waals surface area contributed by atoms with Crippen molar-refractivity contribution in [2.45, 2.75) is 30.8 Å². The molecule has 3 rings (SSSR count). The number of amides is 3. The van der Waals surface area contributed by atoms with Crippen molar-refractivity contribution in [1.82, 2.24) is 14.9 Å². The zero-order valence-electron chi connectivity index (χ0n) is 16.7. The van der Waals surface area contributed by atoms with E-state index in [4.69, 9.17) is 5.73 Å². The summed E-state index contributed by atoms with van der Waals surface area (Å²) >= 11 is 1.27. The summed E-state index contributed by atoms with van der Waals surface area (Å²) in [7, 11) is 0. The Kier molecular flexibility index (Phi) is 6.89. The predicted molar refractivity (Wildman–Crippen MR) is 115 cm³/mol. The first-order valence-corrected chi connectivity index (χ1v) is 10.4. The summed E-state index contributed by atoms with van der Waals surface area (Å²) in [4.78, 5) is 28.1. The maximum absolute atomic E-state index is 13.4. The maximum Gasteiger partial charge on any atom is 0.318 e. The van der Waals surface area contributed by atoms with Gasteiger partial charge in [0.05, 0.1) is 23.7 Å². The number of aromatic nitrogens is 2. The summed E-state index contributed by atoms with van der Waals surface area (Å²) < 4.78 is 15.4. The van der Waals surface area contributed by atoms with Crippen LogP contribution >= 0.6 is 11.8 Å². The van der Waals surface area contributed by atoms with E-state index in [1.165, 1.54) is 23.9 Å². The molecule has 0 radical (unpaired) electrons. The molecule has 30 heavy (non-hydrogen) atoms. The van der Waals surface area contributed by atoms with Crippen LogP contribution in [0.25, 0.3) is 11.3 Å². The van der Waals surface area contributed by atoms with E-state index in [1.54, 1.807) is 18.3 Å². The van der Waals surface area contributed by atoms with Crippen LogP contribution in [-0.4, -0.2) is 26.7 Å². The molecule has 0 spiro atoms. The Morgan fingerprint density at radius 1 is 1.13 bits per heavy atom. The van der Waals surface area contributed by atoms with Gasteiger partial charge in [-0.3, -0.25) is 10.1 Å². The number of imidazole rings is 1. The smallest absolute Gasteiger partial charge is 0.318 e. The van der Waals surface area contributed by atoms with Crippen LogP contribution in [0.4, 0.5) is 9.18 Å². The predicted octanol–water partition coefficient (Wildman–Crippen LogP) is 4.05. The lowest BCUT2D eigenvalue weighted by Gasteiger charge is -2.20. The summed E-state index contributed by atoms with van der Waals surface area (Å²) in [5.41, 5.74) is 7.80. The highest BCUT2D eigenvalue weighted by atomic mass is 32.2. The molecule has 0 fully saturated rings. The minimum Gasteiger partial charge on any atom is -0.351 e. The molecule has 1 aromatic heterocycles. The van der Waals surface area contributed by atoms with E-state index in [0.717, 1.165) is 16.8 Å². The van der Waals surface area contributed by atoms with Crippen LogP contribution in [0.3, 0.4) is 0 Å². The minimum atomic E-state index is -0.883. The van der Waals surface area contributed by atoms with Crippen molar-refractivity contribution in [1.29, 1.82) is 0 Å². The van der Waals surface area contributed by atoms with Gasteiger partial charge in [-0.05, 0) is 41.3 Å². The number of halogens is 1. The van der Waals surface area contributed by atoms with Gasteiger partial charge in [-0.15, -0.1) is 0 Å². The normalized spacial score (nSPS) is 12.0. The molecule has 0 aliphatic heterocycles. The Labute approximate surface area is 178 Å². The number of hydrogen-bond acceptors (Lipinski definition) is 4. The second kappa shape index (κ2) is 9.58. The number of nitrogens with two attached hydrogens (primary N) is 1. The molecule has 2 aromatic carbocycles. The molecule has 3 aromatic rings. The molecule has 0 saturated heterocycles. The number of benzene rings is 2. The number of nitrogens with zero attached hydrogens (tertiary/aromatic N) is 2. The Morgan fingerprint density at radius 3 is 2.40 bits per heavy atom. The molecule has 0 bridgehead atoms. The first kappa shape index (κ1) is 21.6. The lowest BCUT2D eigenvalue weighted by molar-refractivity contribution is -0.120. The Balaban J connectivity index is 1.99. The van der Waals surface area contributed by atoms with Crippen molar-refractivity contribution in [3.63, 3.8) is 0 Å². The van der Waals surface area contributed by atoms with Crippen molar-refractivity contribution < 1.29 is 14.0 Å². The number of hydrogen-bond donors (Lipinski definition) is 2. The van der Waals surface area contributed by atoms with Crippen LogP contribution in [0.15, 0.2) is 66.0 Å². The third-order valence-electron chi connectivity index (χ3n) is 4.49. The van der Waals surface area contributed by atoms with E-state index in [2.05, 4.69) is 10.3 Å². The second-order valence-electron chi connectivity index (χ2n) is 7.14. The lowest BCUT2D eigenvalue weighted by Crippen LogP contribution is -2.42. The van der Waals surface area contributed by atoms with E-state index >= 15 is 0 Å². The van der Waals surface area contributed by atoms with E-state index in [1.807, 2.05) is 48.7 Å². The van der Waals surface area contributed by atoms with Crippen LogP contribution in [0.1, 0.15) is 19.4 Å². The lowest BCUT2D eigenvalue weighted by atomic mass is 10.1. The molecule has 3 N–H and O–H groups in total. The number of rotatable bonds is 7. The van der Waals surface area contributed by atoms with Crippen molar-refractivity contribution in [3.8, 4) is 11.3 Å². The SMILES string of the molecule is CC(C)C(Sc1ncc(-c2ccc(F)cc2)n1Cc1ccccc1)C(=O)NC(N)=O. The molecular formula is C22H23FN4O2S. The van der Waals surface area contributed by atoms with E-state index in [-0.39, 0.29) is 11.7 Å². The van der Waals surface area contributed by atoms with Crippen molar-refractivity contribution in [3.05, 3.63) is 72.2 Å². The summed E-state index contributed by atoms with van der Waals surface area (Å²) in [6, 6.07) is 15.2. The number of thioether (sulfide) groups is 1. The topological polar surface area (TPSA) is 90.0 Å². The first-order valence-electron chi connectivity index (χ1n) is 9.47. The van der Waals surface area contributed by atoms with Gasteiger partial charge < -0.3 is 10.3 Å². The average molecular weight is 427 g/mol. The fourth-order valence-corrected chi connectivity index (χ4v) is 4.09. The summed E-state index contributed by atoms with van der Waals surface area (Å²) in [6.45, 7) is 4.31. The van der Waals surface area contributed by atoms with Gasteiger partial charge in [0.1, 0.15) is 5.82 Å². The Bertz CT molecular complexity index is 1020. The van der Waals surface area contributed by atoms with Crippen molar-refractivity contribution in [2.75, 3.05) is 0 Å². The molecular weight excluding hydrogens is 403 g/mol. The number of carbonyl (C=O) groups is 2. The molecule has 0 saturated carbocycles. The third-order valence-corrected chi connectivity index (χ3v) is 6.03. The molecule has 8 heteroatoms. The number of nitrogens with one attached hydrogen (secondary N) is 1. The minimum absolute atomic E-state index is 0.0644. The molecule has 1 heterocycles. The van der Waals surface area contributed by atoms with Gasteiger partial charge in [-0.1, -0.05) is 55.9 Å². The number of primary amides is 1. The van der Waals surface area contributed by atoms with Crippen LogP contribution in [-0.2, 0) is 11.3 Å². The van der Waals surface area contributed by atoms with Crippen LogP contribution in [0, 0.1) is 11.7 Å². The Hall–Kier alpha value is -3.13. The van der Waals surface area contributed by atoms with Gasteiger partial charge >= 0.3 is 6.03 Å². The standard InChI is InChI=1S/C22H23FN4O2S/c1-14(2)19(20(28)26-21(24)29)30-22-25-12-18(16-8-10-17(23)11-9-16)27(22)13-15-6-4-3-5-7-15/h3-12,14,19H,13H2,1-2H3,(H3,24,26,28,29). The van der Waals surface area contributed by atoms with Gasteiger partial charge in [0.15, 0.2) is 5.16 Å². The quantitative estimate of drug-likeness (QED) is 0.558. The van der Waals surface area contributed by atoms with Gasteiger partial charge in [-0.25, -0.2) is 14.2 Å². The van der Waals surface area contributed by atoms with E-state index in [0.29, 0.717) is 11.7 Å². The van der Waals surface area contributed by atoms with Gasteiger partial charge in [0.25, 0.3) is 0 Å². The molecule has 0 aliphatic rings. The molecule has 1 unspecified atom stereocenters. The van der Waals surface area contributed by atoms with Gasteiger partial charge in [0.2, 0.25) is 5.91 Å². The third kappa shape index (κ3) is 5.27. The molecule has 0 aliphatic carbocycles. The highest BCUT2D eigenvalue weighted by Gasteiger charge is 2.27. The van der Waals surface area contributed by atoms with Gasteiger partial charge in [0, 0.05) is 0 Å². The molecule has 1 atom stereocenters. The number of urea groups is 1. The highest BCUT2D eigenvalue weighted by Crippen LogP contribution is 2.32. The van der Waals surface area contributed by atoms with Crippen LogP contribution in [0.2, 0.25) is 0 Å². The van der Waals surface area contributed by atoms with E-state index < -0.39 is 17.2 Å². The summed E-state index contributed by atoms with van der Waals surface area (Å²) in [6.07, 6.45) is 1.71. The number of imide groups is 1. The molecule has 6 nitrogen and oxygen atoms in total. The van der Waals surface area contributed by atoms with Crippen molar-refractivity contribution in [2.24, 2.45) is 11.7 Å². The highest BCUT2D eigenvalue weighted by molar-refractivity contribution is 8.00. The van der Waals surface area contributed by atoms with Crippen LogP contribution in [0.5, 0.6) is 0 Å². The maximum atomic E-state index is 13.4. The monoisotopic (exact) mass is 426 g/mol. The summed E-state index contributed by atoms with van der Waals surface area (Å²) in [5.74, 6) is -0.837. The van der Waals surface area contributed by atoms with Gasteiger partial charge in [-0.2, -0.15) is 0 Å². The number of carbonyl (C=O) groups excluding carboxylic acids is 2. The fourth-order valence-electron chi connectivity index (χ4n) is 3.02. The van der Waals surface area contributed by atoms with Crippen molar-refractivity contribution >= 4 is 23.7 Å². The van der Waals surface area contributed by atoms with Crippen LogP contribution < -0.4 is 11.1 Å². The first-order chi connectivity index (χ1) is 14.3. The second-order valence-corrected chi connectivity index (χ2v) is 8.25. The zero-order chi connectivity index (χ0) is 21.7. The van der Waals surface area contributed by atoms with E-state index in [9.17, 15) is 14.0 Å². The fraction of sp³-hybridized carbons (Fsp3) is 0.227. The zero-order valence-corrected chi connectivity index (χ0v) is 17.5. The molecule has 3 amide bonds. The average Bonchev–Trinajstić information content (AvgIpc) is 3.09.